The lowest BCUT2D eigenvalue weighted by Crippen LogP contribution is -2.24. The van der Waals surface area contributed by atoms with Gasteiger partial charge in [0.25, 0.3) is 0 Å². The minimum Gasteiger partial charge on any atom is -0.508 e. The number of phenolic OH excluding ortho intramolecular Hbond substituents is 1. The molecule has 0 amide bonds. The van der Waals surface area contributed by atoms with Crippen molar-refractivity contribution >= 4 is 0 Å². The van der Waals surface area contributed by atoms with Crippen LogP contribution in [-0.2, 0) is 6.42 Å². The summed E-state index contributed by atoms with van der Waals surface area (Å²) in [5.41, 5.74) is 1.30. The van der Waals surface area contributed by atoms with Crippen LogP contribution in [0.15, 0.2) is 24.3 Å². The van der Waals surface area contributed by atoms with Crippen molar-refractivity contribution in [3.63, 3.8) is 0 Å². The van der Waals surface area contributed by atoms with Gasteiger partial charge in [0.05, 0.1) is 0 Å². The Labute approximate surface area is 92.3 Å². The third-order valence-corrected chi connectivity index (χ3v) is 2.77. The van der Waals surface area contributed by atoms with Crippen LogP contribution in [0.25, 0.3) is 0 Å². The topological polar surface area (TPSA) is 32.3 Å². The molecule has 0 spiro atoms. The van der Waals surface area contributed by atoms with E-state index in [2.05, 4.69) is 19.2 Å². The van der Waals surface area contributed by atoms with Crippen LogP contribution >= 0.6 is 0 Å². The first kappa shape index (κ1) is 12.1. The molecule has 0 saturated heterocycles. The van der Waals surface area contributed by atoms with Gasteiger partial charge in [-0.3, -0.25) is 0 Å². The minimum atomic E-state index is 0.343. The maximum Gasteiger partial charge on any atom is 0.115 e. The number of phenols is 1. The lowest BCUT2D eigenvalue weighted by atomic mass is 9.95. The van der Waals surface area contributed by atoms with Gasteiger partial charge in [0.2, 0.25) is 0 Å². The molecule has 0 fully saturated rings. The average Bonchev–Trinajstić information content (AvgIpc) is 2.21. The van der Waals surface area contributed by atoms with Crippen molar-refractivity contribution in [2.24, 2.45) is 5.92 Å². The molecular weight excluding hydrogens is 186 g/mol. The predicted octanol–water partition coefficient (Wildman–Crippen LogP) is 2.57. The fourth-order valence-electron chi connectivity index (χ4n) is 1.84. The third kappa shape index (κ3) is 4.34. The van der Waals surface area contributed by atoms with E-state index in [-0.39, 0.29) is 0 Å². The van der Waals surface area contributed by atoms with Crippen LogP contribution < -0.4 is 5.32 Å². The Morgan fingerprint density at radius 1 is 1.20 bits per heavy atom. The van der Waals surface area contributed by atoms with Crippen molar-refractivity contribution in [1.82, 2.24) is 5.32 Å². The van der Waals surface area contributed by atoms with E-state index in [1.165, 1.54) is 12.0 Å². The van der Waals surface area contributed by atoms with Gasteiger partial charge >= 0.3 is 0 Å². The van der Waals surface area contributed by atoms with Gasteiger partial charge in [-0.25, -0.2) is 0 Å². The summed E-state index contributed by atoms with van der Waals surface area (Å²) in [6.45, 7) is 4.47. The zero-order chi connectivity index (χ0) is 11.3. The first-order valence-electron chi connectivity index (χ1n) is 5.57. The number of hydrogen-bond donors (Lipinski definition) is 2. The molecule has 1 rings (SSSR count). The first-order valence-corrected chi connectivity index (χ1v) is 5.57. The number of aromatic hydroxyl groups is 1. The van der Waals surface area contributed by atoms with Crippen LogP contribution in [0.1, 0.15) is 25.8 Å². The van der Waals surface area contributed by atoms with Gasteiger partial charge in [-0.2, -0.15) is 0 Å². The highest BCUT2D eigenvalue weighted by molar-refractivity contribution is 5.26. The second kappa shape index (κ2) is 5.76. The maximum atomic E-state index is 9.16. The Hall–Kier alpha value is -1.02. The molecule has 2 N–H and O–H groups in total. The maximum absolute atomic E-state index is 9.16. The van der Waals surface area contributed by atoms with Crippen molar-refractivity contribution in [1.29, 1.82) is 0 Å². The molecule has 0 saturated carbocycles. The highest BCUT2D eigenvalue weighted by atomic mass is 16.3. The van der Waals surface area contributed by atoms with Crippen LogP contribution in [0.5, 0.6) is 5.75 Å². The largest absolute Gasteiger partial charge is 0.508 e. The molecule has 1 aromatic carbocycles. The molecule has 0 heterocycles. The van der Waals surface area contributed by atoms with E-state index < -0.39 is 0 Å². The van der Waals surface area contributed by atoms with Crippen LogP contribution in [0, 0.1) is 5.92 Å². The van der Waals surface area contributed by atoms with Gasteiger partial charge in [-0.05, 0) is 50.4 Å². The van der Waals surface area contributed by atoms with Gasteiger partial charge in [0.1, 0.15) is 5.75 Å². The van der Waals surface area contributed by atoms with Crippen molar-refractivity contribution in [3.05, 3.63) is 29.8 Å². The zero-order valence-corrected chi connectivity index (χ0v) is 9.83. The monoisotopic (exact) mass is 207 g/mol. The summed E-state index contributed by atoms with van der Waals surface area (Å²) in [6.07, 6.45) is 2.25. The molecule has 2 nitrogen and oxygen atoms in total. The summed E-state index contributed by atoms with van der Waals surface area (Å²) < 4.78 is 0. The van der Waals surface area contributed by atoms with E-state index in [1.54, 1.807) is 12.1 Å². The molecule has 0 aliphatic rings. The molecule has 0 aliphatic carbocycles. The van der Waals surface area contributed by atoms with Crippen molar-refractivity contribution in [2.75, 3.05) is 7.05 Å². The van der Waals surface area contributed by atoms with E-state index in [0.717, 1.165) is 6.42 Å². The van der Waals surface area contributed by atoms with Crippen LogP contribution in [0.2, 0.25) is 0 Å². The first-order chi connectivity index (χ1) is 7.11. The van der Waals surface area contributed by atoms with Gasteiger partial charge in [0, 0.05) is 6.04 Å². The lowest BCUT2D eigenvalue weighted by Gasteiger charge is -2.16. The highest BCUT2D eigenvalue weighted by Gasteiger charge is 2.07. The van der Waals surface area contributed by atoms with E-state index in [0.29, 0.717) is 17.7 Å². The quantitative estimate of drug-likeness (QED) is 0.777. The molecule has 15 heavy (non-hydrogen) atoms. The van der Waals surface area contributed by atoms with Gasteiger partial charge in [0.15, 0.2) is 0 Å². The smallest absolute Gasteiger partial charge is 0.115 e. The second-order valence-electron chi connectivity index (χ2n) is 4.40. The molecular formula is C13H21NO. The summed E-state index contributed by atoms with van der Waals surface area (Å²) >= 11 is 0. The second-order valence-corrected chi connectivity index (χ2v) is 4.40. The summed E-state index contributed by atoms with van der Waals surface area (Å²) in [5.74, 6) is 1.01. The molecule has 0 radical (unpaired) electrons. The predicted molar refractivity (Wildman–Crippen MR) is 64.1 cm³/mol. The Balaban J connectivity index is 2.44. The van der Waals surface area contributed by atoms with Crippen LogP contribution in [0.3, 0.4) is 0 Å². The summed E-state index contributed by atoms with van der Waals surface area (Å²) in [7, 11) is 2.00. The summed E-state index contributed by atoms with van der Waals surface area (Å²) in [5, 5.41) is 12.4. The SMILES string of the molecule is CNC(C)CC(C)Cc1ccc(O)cc1. The molecule has 0 bridgehead atoms. The molecule has 0 aliphatic heterocycles. The molecule has 2 atom stereocenters. The molecule has 2 unspecified atom stereocenters. The Bertz CT molecular complexity index is 281. The molecule has 1 aromatic rings. The van der Waals surface area contributed by atoms with Gasteiger partial charge in [-0.1, -0.05) is 19.1 Å². The fourth-order valence-corrected chi connectivity index (χ4v) is 1.84. The third-order valence-electron chi connectivity index (χ3n) is 2.77. The van der Waals surface area contributed by atoms with E-state index in [4.69, 9.17) is 5.11 Å². The highest BCUT2D eigenvalue weighted by Crippen LogP contribution is 2.16. The number of benzene rings is 1. The molecule has 84 valence electrons. The number of hydrogen-bond acceptors (Lipinski definition) is 2. The van der Waals surface area contributed by atoms with E-state index in [9.17, 15) is 0 Å². The Morgan fingerprint density at radius 2 is 1.80 bits per heavy atom. The fraction of sp³-hybridized carbons (Fsp3) is 0.538. The lowest BCUT2D eigenvalue weighted by molar-refractivity contribution is 0.439. The zero-order valence-electron chi connectivity index (χ0n) is 9.83. The Kier molecular flexibility index (Phi) is 4.63. The normalized spacial score (nSPS) is 14.9. The average molecular weight is 207 g/mol. The van der Waals surface area contributed by atoms with Gasteiger partial charge < -0.3 is 10.4 Å². The summed E-state index contributed by atoms with van der Waals surface area (Å²) in [4.78, 5) is 0. The standard InChI is InChI=1S/C13H21NO/c1-10(8-11(2)14-3)9-12-4-6-13(15)7-5-12/h4-7,10-11,14-15H,8-9H2,1-3H3. The van der Waals surface area contributed by atoms with Crippen molar-refractivity contribution in [2.45, 2.75) is 32.7 Å². The number of rotatable bonds is 5. The molecule has 2 heteroatoms. The Morgan fingerprint density at radius 3 is 2.33 bits per heavy atom. The minimum absolute atomic E-state index is 0.343. The number of nitrogens with one attached hydrogen (secondary N) is 1. The van der Waals surface area contributed by atoms with Crippen molar-refractivity contribution < 1.29 is 5.11 Å². The van der Waals surface area contributed by atoms with Crippen LogP contribution in [-0.4, -0.2) is 18.2 Å². The van der Waals surface area contributed by atoms with Crippen LogP contribution in [0.4, 0.5) is 0 Å². The van der Waals surface area contributed by atoms with E-state index >= 15 is 0 Å². The van der Waals surface area contributed by atoms with E-state index in [1.807, 2.05) is 19.2 Å². The van der Waals surface area contributed by atoms with Crippen molar-refractivity contribution in [3.8, 4) is 5.75 Å². The van der Waals surface area contributed by atoms with Gasteiger partial charge in [-0.15, -0.1) is 0 Å². The molecule has 0 aromatic heterocycles. The summed E-state index contributed by atoms with van der Waals surface area (Å²) in [6, 6.07) is 8.07.